The van der Waals surface area contributed by atoms with E-state index in [0.717, 1.165) is 32.1 Å². The Kier molecular flexibility index (Phi) is 6.93. The van der Waals surface area contributed by atoms with Crippen LogP contribution in [0.3, 0.4) is 0 Å². The molecule has 29 heavy (non-hydrogen) atoms. The smallest absolute Gasteiger partial charge is 0.408 e. The molecular weight excluding hydrogens is 368 g/mol. The molecule has 2 fully saturated rings. The van der Waals surface area contributed by atoms with Crippen LogP contribution >= 0.6 is 0 Å². The minimum absolute atomic E-state index is 0.187. The third kappa shape index (κ3) is 6.87. The van der Waals surface area contributed by atoms with Gasteiger partial charge in [-0.25, -0.2) is 4.79 Å². The van der Waals surface area contributed by atoms with Gasteiger partial charge in [0, 0.05) is 18.8 Å². The summed E-state index contributed by atoms with van der Waals surface area (Å²) in [6.45, 7) is 5.53. The molecule has 3 rings (SSSR count). The van der Waals surface area contributed by atoms with Crippen LogP contribution in [0.15, 0.2) is 30.1 Å². The van der Waals surface area contributed by atoms with Gasteiger partial charge in [0.2, 0.25) is 0 Å². The fraction of sp³-hybridized carbons (Fsp3) is 0.609. The van der Waals surface area contributed by atoms with Crippen LogP contribution in [-0.2, 0) is 14.3 Å². The Labute approximate surface area is 173 Å². The van der Waals surface area contributed by atoms with E-state index in [9.17, 15) is 9.59 Å². The number of pyridine rings is 1. The van der Waals surface area contributed by atoms with Crippen LogP contribution in [0.25, 0.3) is 6.08 Å². The molecule has 1 saturated carbocycles. The number of nitrogens with zero attached hydrogens (tertiary/aromatic N) is 1. The SMILES string of the molecule is CC(C)(C)OC(=O)N[C@@H](CC1CCCC(=Cc2ccncc2)C1)[C@@H]1CCC(=O)O1. The fourth-order valence-corrected chi connectivity index (χ4v) is 4.17. The molecule has 6 nitrogen and oxygen atoms in total. The van der Waals surface area contributed by atoms with E-state index in [-0.39, 0.29) is 18.1 Å². The minimum Gasteiger partial charge on any atom is -0.460 e. The van der Waals surface area contributed by atoms with E-state index in [2.05, 4.69) is 16.4 Å². The van der Waals surface area contributed by atoms with Gasteiger partial charge in [-0.2, -0.15) is 0 Å². The highest BCUT2D eigenvalue weighted by Crippen LogP contribution is 2.34. The van der Waals surface area contributed by atoms with Gasteiger partial charge in [0.15, 0.2) is 0 Å². The number of hydrogen-bond donors (Lipinski definition) is 1. The third-order valence-electron chi connectivity index (χ3n) is 5.39. The molecule has 1 unspecified atom stereocenters. The monoisotopic (exact) mass is 400 g/mol. The van der Waals surface area contributed by atoms with Gasteiger partial charge in [0.05, 0.1) is 6.04 Å². The standard InChI is InChI=1S/C23H32N2O4/c1-23(2,3)29-22(27)25-19(20-7-8-21(26)28-20)15-18-6-4-5-17(14-18)13-16-9-11-24-12-10-16/h9-13,18-20H,4-8,14-15H2,1-3H3,(H,25,27)/t18?,19-,20-/m0/s1. The van der Waals surface area contributed by atoms with Crippen molar-refractivity contribution < 1.29 is 19.1 Å². The van der Waals surface area contributed by atoms with Crippen molar-refractivity contribution in [1.82, 2.24) is 10.3 Å². The molecule has 0 radical (unpaired) electrons. The molecule has 1 amide bonds. The zero-order valence-electron chi connectivity index (χ0n) is 17.6. The van der Waals surface area contributed by atoms with Crippen LogP contribution in [0.1, 0.15) is 71.3 Å². The summed E-state index contributed by atoms with van der Waals surface area (Å²) in [5.41, 5.74) is 2.03. The molecule has 2 heterocycles. The number of allylic oxidation sites excluding steroid dienone is 1. The van der Waals surface area contributed by atoms with Crippen molar-refractivity contribution in [3.8, 4) is 0 Å². The predicted molar refractivity (Wildman–Crippen MR) is 111 cm³/mol. The van der Waals surface area contributed by atoms with Crippen molar-refractivity contribution in [2.24, 2.45) is 5.92 Å². The van der Waals surface area contributed by atoms with Crippen molar-refractivity contribution in [2.45, 2.75) is 83.5 Å². The number of carbonyl (C=O) groups is 2. The van der Waals surface area contributed by atoms with Gasteiger partial charge in [0.1, 0.15) is 11.7 Å². The number of amides is 1. The zero-order chi connectivity index (χ0) is 20.9. The maximum Gasteiger partial charge on any atom is 0.408 e. The second kappa shape index (κ2) is 9.42. The first-order valence-corrected chi connectivity index (χ1v) is 10.6. The van der Waals surface area contributed by atoms with Crippen molar-refractivity contribution in [3.05, 3.63) is 35.7 Å². The van der Waals surface area contributed by atoms with Crippen molar-refractivity contribution in [1.29, 1.82) is 0 Å². The number of alkyl carbamates (subject to hydrolysis) is 1. The van der Waals surface area contributed by atoms with Gasteiger partial charge < -0.3 is 14.8 Å². The second-order valence-corrected chi connectivity index (χ2v) is 9.10. The van der Waals surface area contributed by atoms with Crippen LogP contribution in [0.2, 0.25) is 0 Å². The van der Waals surface area contributed by atoms with E-state index in [0.29, 0.717) is 18.8 Å². The molecule has 1 aromatic rings. The quantitative estimate of drug-likeness (QED) is 0.728. The van der Waals surface area contributed by atoms with E-state index >= 15 is 0 Å². The first-order valence-electron chi connectivity index (χ1n) is 10.6. The summed E-state index contributed by atoms with van der Waals surface area (Å²) in [5, 5.41) is 2.98. The molecule has 2 aliphatic rings. The van der Waals surface area contributed by atoms with E-state index in [4.69, 9.17) is 9.47 Å². The summed E-state index contributed by atoms with van der Waals surface area (Å²) in [4.78, 5) is 28.1. The Morgan fingerprint density at radius 3 is 2.72 bits per heavy atom. The highest BCUT2D eigenvalue weighted by atomic mass is 16.6. The topological polar surface area (TPSA) is 77.5 Å². The average Bonchev–Trinajstić information content (AvgIpc) is 3.07. The lowest BCUT2D eigenvalue weighted by atomic mass is 9.80. The average molecular weight is 401 g/mol. The Bertz CT molecular complexity index is 739. The summed E-state index contributed by atoms with van der Waals surface area (Å²) in [6.07, 6.45) is 11.3. The summed E-state index contributed by atoms with van der Waals surface area (Å²) in [5.74, 6) is 0.254. The normalized spacial score (nSPS) is 24.8. The summed E-state index contributed by atoms with van der Waals surface area (Å²) in [6, 6.07) is 3.81. The molecule has 0 aromatic carbocycles. The first kappa shape index (κ1) is 21.3. The Balaban J connectivity index is 1.65. The van der Waals surface area contributed by atoms with E-state index in [1.165, 1.54) is 11.1 Å². The van der Waals surface area contributed by atoms with Crippen LogP contribution < -0.4 is 5.32 Å². The number of ether oxygens (including phenoxy) is 2. The lowest BCUT2D eigenvalue weighted by Crippen LogP contribution is -2.46. The summed E-state index contributed by atoms with van der Waals surface area (Å²) in [7, 11) is 0. The maximum absolute atomic E-state index is 12.4. The molecule has 1 saturated heterocycles. The van der Waals surface area contributed by atoms with Gasteiger partial charge in [0.25, 0.3) is 0 Å². The minimum atomic E-state index is -0.563. The van der Waals surface area contributed by atoms with Gasteiger partial charge in [-0.05, 0) is 82.9 Å². The third-order valence-corrected chi connectivity index (χ3v) is 5.39. The Morgan fingerprint density at radius 2 is 2.07 bits per heavy atom. The van der Waals surface area contributed by atoms with E-state index in [1.54, 1.807) is 0 Å². The lowest BCUT2D eigenvalue weighted by Gasteiger charge is -2.31. The molecule has 1 aliphatic carbocycles. The molecule has 3 atom stereocenters. The number of rotatable bonds is 5. The molecular formula is C23H32N2O4. The van der Waals surface area contributed by atoms with Gasteiger partial charge in [-0.1, -0.05) is 11.6 Å². The first-order chi connectivity index (χ1) is 13.8. The molecule has 0 bridgehead atoms. The van der Waals surface area contributed by atoms with Crippen molar-refractivity contribution in [2.75, 3.05) is 0 Å². The van der Waals surface area contributed by atoms with Gasteiger partial charge >= 0.3 is 12.1 Å². The van der Waals surface area contributed by atoms with Crippen LogP contribution in [0, 0.1) is 5.92 Å². The number of hydrogen-bond acceptors (Lipinski definition) is 5. The fourth-order valence-electron chi connectivity index (χ4n) is 4.17. The lowest BCUT2D eigenvalue weighted by molar-refractivity contribution is -0.142. The number of aromatic nitrogens is 1. The molecule has 158 valence electrons. The predicted octanol–water partition coefficient (Wildman–Crippen LogP) is 4.64. The van der Waals surface area contributed by atoms with Crippen molar-refractivity contribution in [3.63, 3.8) is 0 Å². The van der Waals surface area contributed by atoms with E-state index in [1.807, 2.05) is 45.3 Å². The Hall–Kier alpha value is -2.37. The number of esters is 1. The molecule has 6 heteroatoms. The second-order valence-electron chi connectivity index (χ2n) is 9.10. The van der Waals surface area contributed by atoms with Gasteiger partial charge in [-0.3, -0.25) is 9.78 Å². The van der Waals surface area contributed by atoms with Crippen LogP contribution in [-0.4, -0.2) is 34.8 Å². The number of carbonyl (C=O) groups excluding carboxylic acids is 2. The summed E-state index contributed by atoms with van der Waals surface area (Å²) < 4.78 is 10.9. The van der Waals surface area contributed by atoms with Gasteiger partial charge in [-0.15, -0.1) is 0 Å². The van der Waals surface area contributed by atoms with E-state index < -0.39 is 11.7 Å². The van der Waals surface area contributed by atoms with Crippen LogP contribution in [0.4, 0.5) is 4.79 Å². The zero-order valence-corrected chi connectivity index (χ0v) is 17.6. The highest BCUT2D eigenvalue weighted by Gasteiger charge is 2.35. The highest BCUT2D eigenvalue weighted by molar-refractivity contribution is 5.72. The molecule has 1 aromatic heterocycles. The number of nitrogens with one attached hydrogen (secondary N) is 1. The van der Waals surface area contributed by atoms with Crippen molar-refractivity contribution >= 4 is 18.1 Å². The maximum atomic E-state index is 12.4. The molecule has 0 spiro atoms. The summed E-state index contributed by atoms with van der Waals surface area (Å²) >= 11 is 0. The largest absolute Gasteiger partial charge is 0.460 e. The molecule has 1 N–H and O–H groups in total. The van der Waals surface area contributed by atoms with Crippen LogP contribution in [0.5, 0.6) is 0 Å². The molecule has 1 aliphatic heterocycles. The number of cyclic esters (lactones) is 1. The Morgan fingerprint density at radius 1 is 1.31 bits per heavy atom.